The number of nitrogens with one attached hydrogen (secondary N) is 1. The summed E-state index contributed by atoms with van der Waals surface area (Å²) in [5, 5.41) is 2.97. The summed E-state index contributed by atoms with van der Waals surface area (Å²) in [7, 11) is 1.58. The lowest BCUT2D eigenvalue weighted by Crippen LogP contribution is -2.50. The van der Waals surface area contributed by atoms with E-state index in [9.17, 15) is 4.79 Å². The zero-order valence-corrected chi connectivity index (χ0v) is 17.3. The SMILES string of the molecule is COc1ccccc1C(=O)Nc1ccc(N2CCN(C3CCCCC3)CC2)cc1. The van der Waals surface area contributed by atoms with Crippen LogP contribution in [0.3, 0.4) is 0 Å². The van der Waals surface area contributed by atoms with Crippen molar-refractivity contribution in [3.8, 4) is 5.75 Å². The molecule has 1 saturated heterocycles. The molecule has 4 rings (SSSR count). The fourth-order valence-electron chi connectivity index (χ4n) is 4.58. The van der Waals surface area contributed by atoms with Crippen LogP contribution in [0, 0.1) is 0 Å². The zero-order valence-electron chi connectivity index (χ0n) is 17.3. The van der Waals surface area contributed by atoms with Gasteiger partial charge in [0.1, 0.15) is 5.75 Å². The van der Waals surface area contributed by atoms with E-state index in [-0.39, 0.29) is 5.91 Å². The van der Waals surface area contributed by atoms with E-state index in [0.717, 1.165) is 37.9 Å². The molecule has 1 N–H and O–H groups in total. The highest BCUT2D eigenvalue weighted by molar-refractivity contribution is 6.06. The van der Waals surface area contributed by atoms with Crippen molar-refractivity contribution in [1.29, 1.82) is 0 Å². The third-order valence-corrected chi connectivity index (χ3v) is 6.25. The Morgan fingerprint density at radius 3 is 2.31 bits per heavy atom. The van der Waals surface area contributed by atoms with Gasteiger partial charge >= 0.3 is 0 Å². The van der Waals surface area contributed by atoms with Gasteiger partial charge in [-0.2, -0.15) is 0 Å². The fourth-order valence-corrected chi connectivity index (χ4v) is 4.58. The number of hydrogen-bond acceptors (Lipinski definition) is 4. The average molecular weight is 394 g/mol. The lowest BCUT2D eigenvalue weighted by molar-refractivity contribution is 0.102. The van der Waals surface area contributed by atoms with E-state index in [1.165, 1.54) is 37.8 Å². The lowest BCUT2D eigenvalue weighted by atomic mass is 9.94. The van der Waals surface area contributed by atoms with Crippen LogP contribution in [0.4, 0.5) is 11.4 Å². The molecule has 1 amide bonds. The number of methoxy groups -OCH3 is 1. The van der Waals surface area contributed by atoms with Gasteiger partial charge in [-0.15, -0.1) is 0 Å². The minimum absolute atomic E-state index is 0.156. The van der Waals surface area contributed by atoms with Crippen molar-refractivity contribution in [1.82, 2.24) is 4.90 Å². The first kappa shape index (κ1) is 19.8. The highest BCUT2D eigenvalue weighted by atomic mass is 16.5. The molecule has 2 fully saturated rings. The molecular formula is C24H31N3O2. The van der Waals surface area contributed by atoms with E-state index in [1.807, 2.05) is 24.3 Å². The maximum Gasteiger partial charge on any atom is 0.259 e. The van der Waals surface area contributed by atoms with Crippen LogP contribution in [0.1, 0.15) is 42.5 Å². The number of carbonyl (C=O) groups excluding carboxylic acids is 1. The van der Waals surface area contributed by atoms with E-state index < -0.39 is 0 Å². The molecule has 2 aromatic rings. The van der Waals surface area contributed by atoms with Crippen LogP contribution in [0.25, 0.3) is 0 Å². The second kappa shape index (κ2) is 9.31. The third kappa shape index (κ3) is 4.73. The molecule has 0 radical (unpaired) electrons. The normalized spacial score (nSPS) is 18.4. The Hall–Kier alpha value is -2.53. The average Bonchev–Trinajstić information content (AvgIpc) is 2.80. The predicted molar refractivity (Wildman–Crippen MR) is 118 cm³/mol. The van der Waals surface area contributed by atoms with E-state index in [0.29, 0.717) is 11.3 Å². The maximum atomic E-state index is 12.6. The number of benzene rings is 2. The van der Waals surface area contributed by atoms with Crippen LogP contribution in [0.5, 0.6) is 5.75 Å². The summed E-state index contributed by atoms with van der Waals surface area (Å²) in [6, 6.07) is 16.2. The van der Waals surface area contributed by atoms with Gasteiger partial charge in [-0.25, -0.2) is 0 Å². The van der Waals surface area contributed by atoms with Gasteiger partial charge in [0.05, 0.1) is 12.7 Å². The van der Waals surface area contributed by atoms with Crippen LogP contribution in [-0.2, 0) is 0 Å². The molecule has 154 valence electrons. The number of nitrogens with zero attached hydrogens (tertiary/aromatic N) is 2. The molecule has 0 unspecified atom stereocenters. The Labute approximate surface area is 173 Å². The molecule has 1 aliphatic carbocycles. The van der Waals surface area contributed by atoms with E-state index >= 15 is 0 Å². The molecule has 29 heavy (non-hydrogen) atoms. The summed E-state index contributed by atoms with van der Waals surface area (Å²) in [4.78, 5) is 17.7. The largest absolute Gasteiger partial charge is 0.496 e. The van der Waals surface area contributed by atoms with Gasteiger partial charge < -0.3 is 15.0 Å². The highest BCUT2D eigenvalue weighted by Crippen LogP contribution is 2.26. The number of amides is 1. The van der Waals surface area contributed by atoms with Crippen molar-refractivity contribution in [2.24, 2.45) is 0 Å². The van der Waals surface area contributed by atoms with Crippen molar-refractivity contribution in [3.63, 3.8) is 0 Å². The van der Waals surface area contributed by atoms with Crippen LogP contribution in [0.2, 0.25) is 0 Å². The smallest absolute Gasteiger partial charge is 0.259 e. The molecule has 0 aromatic heterocycles. The van der Waals surface area contributed by atoms with Gasteiger partial charge in [-0.1, -0.05) is 31.4 Å². The topological polar surface area (TPSA) is 44.8 Å². The van der Waals surface area contributed by atoms with Gasteiger partial charge in [0.2, 0.25) is 0 Å². The predicted octanol–water partition coefficient (Wildman–Crippen LogP) is 4.40. The van der Waals surface area contributed by atoms with Gasteiger partial charge in [0.25, 0.3) is 5.91 Å². The molecule has 5 heteroatoms. The molecule has 1 heterocycles. The first-order chi connectivity index (χ1) is 14.2. The Kier molecular flexibility index (Phi) is 6.35. The molecule has 1 aliphatic heterocycles. The van der Waals surface area contributed by atoms with Gasteiger partial charge in [-0.05, 0) is 49.2 Å². The number of piperazine rings is 1. The number of ether oxygens (including phenoxy) is 1. The standard InChI is InChI=1S/C24H31N3O2/c1-29-23-10-6-5-9-22(23)24(28)25-19-11-13-21(14-12-19)27-17-15-26(16-18-27)20-7-3-2-4-8-20/h5-6,9-14,20H,2-4,7-8,15-18H2,1H3,(H,25,28). The van der Waals surface area contributed by atoms with Gasteiger partial charge in [0, 0.05) is 43.6 Å². The van der Waals surface area contributed by atoms with E-state index in [4.69, 9.17) is 4.74 Å². The van der Waals surface area contributed by atoms with E-state index in [1.54, 1.807) is 19.2 Å². The molecule has 0 spiro atoms. The number of para-hydroxylation sites is 1. The second-order valence-corrected chi connectivity index (χ2v) is 8.02. The third-order valence-electron chi connectivity index (χ3n) is 6.25. The summed E-state index contributed by atoms with van der Waals surface area (Å²) in [5.74, 6) is 0.425. The van der Waals surface area contributed by atoms with Crippen molar-refractivity contribution >= 4 is 17.3 Å². The molecule has 5 nitrogen and oxygen atoms in total. The van der Waals surface area contributed by atoms with Crippen LogP contribution < -0.4 is 15.0 Å². The van der Waals surface area contributed by atoms with Crippen molar-refractivity contribution in [2.75, 3.05) is 43.5 Å². The summed E-state index contributed by atoms with van der Waals surface area (Å²) in [6.07, 6.45) is 6.96. The number of rotatable bonds is 5. The summed E-state index contributed by atoms with van der Waals surface area (Å²) in [5.41, 5.74) is 2.56. The minimum Gasteiger partial charge on any atom is -0.496 e. The minimum atomic E-state index is -0.156. The highest BCUT2D eigenvalue weighted by Gasteiger charge is 2.25. The molecule has 2 aliphatic rings. The summed E-state index contributed by atoms with van der Waals surface area (Å²) >= 11 is 0. The number of hydrogen-bond donors (Lipinski definition) is 1. The fraction of sp³-hybridized carbons (Fsp3) is 0.458. The quantitative estimate of drug-likeness (QED) is 0.818. The molecule has 0 bridgehead atoms. The lowest BCUT2D eigenvalue weighted by Gasteiger charge is -2.41. The second-order valence-electron chi connectivity index (χ2n) is 8.02. The Morgan fingerprint density at radius 1 is 0.931 bits per heavy atom. The van der Waals surface area contributed by atoms with Crippen LogP contribution in [-0.4, -0.2) is 50.1 Å². The number of anilines is 2. The monoisotopic (exact) mass is 393 g/mol. The first-order valence-electron chi connectivity index (χ1n) is 10.8. The molecule has 2 aromatic carbocycles. The van der Waals surface area contributed by atoms with Crippen LogP contribution in [0.15, 0.2) is 48.5 Å². The van der Waals surface area contributed by atoms with Gasteiger partial charge in [0.15, 0.2) is 0 Å². The maximum absolute atomic E-state index is 12.6. The van der Waals surface area contributed by atoms with Gasteiger partial charge in [-0.3, -0.25) is 9.69 Å². The van der Waals surface area contributed by atoms with E-state index in [2.05, 4.69) is 27.2 Å². The first-order valence-corrected chi connectivity index (χ1v) is 10.8. The van der Waals surface area contributed by atoms with Crippen molar-refractivity contribution in [2.45, 2.75) is 38.1 Å². The Balaban J connectivity index is 1.33. The molecule has 1 saturated carbocycles. The zero-order chi connectivity index (χ0) is 20.1. The Bertz CT molecular complexity index is 807. The summed E-state index contributed by atoms with van der Waals surface area (Å²) < 4.78 is 5.28. The number of carbonyl (C=O) groups is 1. The van der Waals surface area contributed by atoms with Crippen LogP contribution >= 0.6 is 0 Å². The molecule has 0 atom stereocenters. The van der Waals surface area contributed by atoms with Crippen molar-refractivity contribution in [3.05, 3.63) is 54.1 Å². The summed E-state index contributed by atoms with van der Waals surface area (Å²) in [6.45, 7) is 4.45. The molecular weight excluding hydrogens is 362 g/mol. The van der Waals surface area contributed by atoms with Crippen molar-refractivity contribution < 1.29 is 9.53 Å². The Morgan fingerprint density at radius 2 is 1.62 bits per heavy atom.